The molecular formula is C38H32F6N4O4S. The molecule has 0 bridgehead atoms. The van der Waals surface area contributed by atoms with Crippen LogP contribution >= 0.6 is 0 Å². The molecule has 2 aromatic heterocycles. The van der Waals surface area contributed by atoms with Crippen LogP contribution < -0.4 is 4.31 Å². The Morgan fingerprint density at radius 3 is 2.13 bits per heavy atom. The van der Waals surface area contributed by atoms with E-state index in [1.807, 2.05) is 0 Å². The van der Waals surface area contributed by atoms with Gasteiger partial charge >= 0.3 is 0 Å². The van der Waals surface area contributed by atoms with Crippen LogP contribution in [0.1, 0.15) is 18.1 Å². The molecule has 0 spiro atoms. The van der Waals surface area contributed by atoms with Gasteiger partial charge in [0.15, 0.2) is 17.2 Å². The van der Waals surface area contributed by atoms with Crippen molar-refractivity contribution in [2.24, 2.45) is 0 Å². The fourth-order valence-electron chi connectivity index (χ4n) is 5.98. The van der Waals surface area contributed by atoms with Crippen LogP contribution in [0.5, 0.6) is 0 Å². The van der Waals surface area contributed by atoms with E-state index in [2.05, 4.69) is 10.1 Å². The minimum Gasteiger partial charge on any atom is -0.382 e. The van der Waals surface area contributed by atoms with Crippen molar-refractivity contribution >= 4 is 15.7 Å². The number of benzene rings is 3. The van der Waals surface area contributed by atoms with E-state index in [9.17, 15) is 8.42 Å². The van der Waals surface area contributed by atoms with Gasteiger partial charge in [0.2, 0.25) is 0 Å². The first-order chi connectivity index (χ1) is 25.4. The molecule has 0 aliphatic heterocycles. The molecule has 1 aliphatic carbocycles. The number of sulfonamides is 1. The maximum absolute atomic E-state index is 17.5. The van der Waals surface area contributed by atoms with E-state index in [0.717, 1.165) is 36.4 Å². The monoisotopic (exact) mass is 754 g/mol. The molecule has 276 valence electrons. The van der Waals surface area contributed by atoms with Crippen molar-refractivity contribution in [1.29, 1.82) is 0 Å². The predicted molar refractivity (Wildman–Crippen MR) is 186 cm³/mol. The van der Waals surface area contributed by atoms with Gasteiger partial charge in [-0.05, 0) is 67.1 Å². The smallest absolute Gasteiger partial charge is 0.266 e. The maximum atomic E-state index is 17.5. The van der Waals surface area contributed by atoms with Crippen molar-refractivity contribution in [3.8, 4) is 22.4 Å². The fraction of sp³-hybridized carbons (Fsp3) is 0.211. The molecule has 6 rings (SSSR count). The summed E-state index contributed by atoms with van der Waals surface area (Å²) in [6, 6.07) is 13.6. The molecule has 5 aromatic rings. The fourth-order valence-corrected chi connectivity index (χ4v) is 7.71. The Morgan fingerprint density at radius 2 is 1.49 bits per heavy atom. The molecule has 8 nitrogen and oxygen atoms in total. The number of hydrogen-bond donors (Lipinski definition) is 0. The summed E-state index contributed by atoms with van der Waals surface area (Å²) in [7, 11) is -4.21. The van der Waals surface area contributed by atoms with Crippen molar-refractivity contribution in [2.45, 2.75) is 24.8 Å². The first-order valence-corrected chi connectivity index (χ1v) is 17.7. The summed E-state index contributed by atoms with van der Waals surface area (Å²) in [6.07, 6.45) is 5.84. The minimum atomic E-state index is -5.55. The van der Waals surface area contributed by atoms with Crippen LogP contribution in [-0.4, -0.2) is 50.2 Å². The summed E-state index contributed by atoms with van der Waals surface area (Å²) in [5.41, 5.74) is -8.99. The van der Waals surface area contributed by atoms with E-state index in [1.165, 1.54) is 48.5 Å². The number of pyridine rings is 1. The zero-order chi connectivity index (χ0) is 38.0. The van der Waals surface area contributed by atoms with Crippen molar-refractivity contribution in [3.63, 3.8) is 0 Å². The Balaban J connectivity index is 1.59. The molecule has 0 saturated heterocycles. The zero-order valence-electron chi connectivity index (χ0n) is 28.3. The van der Waals surface area contributed by atoms with Crippen LogP contribution in [0, 0.1) is 23.3 Å². The Bertz CT molecular complexity index is 2300. The van der Waals surface area contributed by atoms with Crippen LogP contribution in [0.4, 0.5) is 32.0 Å². The number of methoxy groups -OCH3 is 1. The highest BCUT2D eigenvalue weighted by Gasteiger charge is 2.51. The highest BCUT2D eigenvalue weighted by molar-refractivity contribution is 7.96. The van der Waals surface area contributed by atoms with Gasteiger partial charge in [0.25, 0.3) is 10.0 Å². The van der Waals surface area contributed by atoms with E-state index in [4.69, 9.17) is 9.47 Å². The Labute approximate surface area is 301 Å². The molecular weight excluding hydrogens is 722 g/mol. The van der Waals surface area contributed by atoms with Crippen LogP contribution in [0.3, 0.4) is 0 Å². The lowest BCUT2D eigenvalue weighted by atomic mass is 9.83. The quantitative estimate of drug-likeness (QED) is 0.0523. The van der Waals surface area contributed by atoms with Crippen LogP contribution in [0.15, 0.2) is 115 Å². The predicted octanol–water partition coefficient (Wildman–Crippen LogP) is 8.13. The number of hydrogen-bond acceptors (Lipinski definition) is 6. The van der Waals surface area contributed by atoms with Gasteiger partial charge in [-0.2, -0.15) is 5.10 Å². The minimum absolute atomic E-state index is 0.0522. The number of aryl methyl sites for hydroxylation is 1. The van der Waals surface area contributed by atoms with Crippen LogP contribution in [0.2, 0.25) is 0 Å². The number of alkyl halides is 2. The Hall–Kier alpha value is -5.25. The third-order valence-electron chi connectivity index (χ3n) is 8.67. The molecule has 1 aliphatic rings. The van der Waals surface area contributed by atoms with Crippen molar-refractivity contribution in [2.75, 3.05) is 31.4 Å². The molecule has 0 saturated carbocycles. The van der Waals surface area contributed by atoms with Gasteiger partial charge < -0.3 is 9.47 Å². The van der Waals surface area contributed by atoms with Crippen LogP contribution in [-0.2, 0) is 37.4 Å². The topological polar surface area (TPSA) is 86.5 Å². The van der Waals surface area contributed by atoms with Crippen molar-refractivity contribution < 1.29 is 44.2 Å². The van der Waals surface area contributed by atoms with E-state index < -0.39 is 78.6 Å². The second kappa shape index (κ2) is 15.0. The molecule has 0 amide bonds. The second-order valence-electron chi connectivity index (χ2n) is 11.9. The number of anilines is 1. The molecule has 15 heteroatoms. The summed E-state index contributed by atoms with van der Waals surface area (Å²) in [5.74, 6) is -4.83. The highest BCUT2D eigenvalue weighted by Crippen LogP contribution is 2.50. The maximum Gasteiger partial charge on any atom is 0.266 e. The SMILES string of the molecule is CCn1cc(-c2ccncc2)c(-c2c(F)ccc(N(COCCOC)S(=O)(=O)C3=CC(F)(c4ccccc4F)C=CC3(F)c3ccccc3F)c2F)n1. The second-order valence-corrected chi connectivity index (χ2v) is 13.7. The molecule has 0 fully saturated rings. The molecule has 3 aromatic carbocycles. The van der Waals surface area contributed by atoms with Gasteiger partial charge in [0.1, 0.15) is 34.8 Å². The van der Waals surface area contributed by atoms with Gasteiger partial charge in [-0.15, -0.1) is 0 Å². The number of halogens is 6. The summed E-state index contributed by atoms with van der Waals surface area (Å²) in [5, 5.41) is 4.36. The molecule has 0 radical (unpaired) electrons. The molecule has 53 heavy (non-hydrogen) atoms. The van der Waals surface area contributed by atoms with Crippen LogP contribution in [0.25, 0.3) is 22.4 Å². The van der Waals surface area contributed by atoms with Crippen molar-refractivity contribution in [1.82, 2.24) is 14.8 Å². The summed E-state index contributed by atoms with van der Waals surface area (Å²) in [6.45, 7) is 0.725. The number of nitrogens with zero attached hydrogens (tertiary/aromatic N) is 4. The summed E-state index contributed by atoms with van der Waals surface area (Å²) in [4.78, 5) is 2.56. The Kier molecular flexibility index (Phi) is 10.6. The molecule has 2 heterocycles. The van der Waals surface area contributed by atoms with E-state index in [1.54, 1.807) is 25.3 Å². The first-order valence-electron chi connectivity index (χ1n) is 16.2. The average molecular weight is 755 g/mol. The van der Waals surface area contributed by atoms with Crippen molar-refractivity contribution in [3.05, 3.63) is 149 Å². The van der Waals surface area contributed by atoms with Gasteiger partial charge in [-0.25, -0.2) is 39.1 Å². The Morgan fingerprint density at radius 1 is 0.830 bits per heavy atom. The number of ether oxygens (including phenoxy) is 2. The zero-order valence-corrected chi connectivity index (χ0v) is 29.1. The average Bonchev–Trinajstić information content (AvgIpc) is 3.58. The summed E-state index contributed by atoms with van der Waals surface area (Å²) < 4.78 is 139. The number of aromatic nitrogens is 3. The summed E-state index contributed by atoms with van der Waals surface area (Å²) >= 11 is 0. The van der Waals surface area contributed by atoms with E-state index in [-0.39, 0.29) is 28.8 Å². The highest BCUT2D eigenvalue weighted by atomic mass is 32.2. The number of allylic oxidation sites excluding steroid dienone is 4. The normalized spacial score (nSPS) is 18.6. The molecule has 2 unspecified atom stereocenters. The lowest BCUT2D eigenvalue weighted by Crippen LogP contribution is -2.42. The van der Waals surface area contributed by atoms with E-state index in [0.29, 0.717) is 30.3 Å². The number of rotatable bonds is 13. The largest absolute Gasteiger partial charge is 0.382 e. The lowest BCUT2D eigenvalue weighted by molar-refractivity contribution is 0.0754. The van der Waals surface area contributed by atoms with E-state index >= 15 is 26.3 Å². The van der Waals surface area contributed by atoms with Gasteiger partial charge in [0.05, 0.1) is 24.5 Å². The standard InChI is InChI=1S/C38H32F6N4O4S/c1-3-47-23-26(25-14-18-45-19-15-25)36(46-47)34-31(41)12-13-32(35(34)42)48(24-52-21-20-51-2)53(49,50)33-22-37(43,27-8-4-6-10-29(27)39)16-17-38(33,44)28-9-5-7-11-30(28)40/h4-19,22-23H,3,20-21,24H2,1-2H3. The van der Waals surface area contributed by atoms with Gasteiger partial charge in [-0.1, -0.05) is 36.4 Å². The lowest BCUT2D eigenvalue weighted by Gasteiger charge is -2.36. The first kappa shape index (κ1) is 37.5. The van der Waals surface area contributed by atoms with Gasteiger partial charge in [-0.3, -0.25) is 9.67 Å². The third-order valence-corrected chi connectivity index (χ3v) is 10.5. The van der Waals surface area contributed by atoms with Gasteiger partial charge in [0, 0.05) is 48.9 Å². The molecule has 0 N–H and O–H groups in total. The third kappa shape index (κ3) is 6.99. The molecule has 2 atom stereocenters.